The van der Waals surface area contributed by atoms with Crippen molar-refractivity contribution >= 4 is 40.2 Å². The number of thiophene rings is 1. The van der Waals surface area contributed by atoms with Crippen molar-refractivity contribution in [3.05, 3.63) is 93.1 Å². The van der Waals surface area contributed by atoms with Crippen molar-refractivity contribution in [3.8, 4) is 10.6 Å². The number of thiazole rings is 1. The van der Waals surface area contributed by atoms with Gasteiger partial charge < -0.3 is 10.6 Å². The molecule has 5 nitrogen and oxygen atoms in total. The summed E-state index contributed by atoms with van der Waals surface area (Å²) in [4.78, 5) is 30.7. The van der Waals surface area contributed by atoms with Gasteiger partial charge >= 0.3 is 0 Å². The fraction of sp³-hybridized carbons (Fsp3) is 0.0870. The first kappa shape index (κ1) is 20.0. The monoisotopic (exact) mass is 433 g/mol. The molecule has 2 aromatic heterocycles. The standard InChI is InChI=1S/C23H19N3O2S2/c1-15-20(30-23(25-15)17-11-12-29-14-17)22(28)26-19-10-6-5-9-18(19)21(27)24-13-16-7-3-2-4-8-16/h2-12,14H,13H2,1H3,(H,24,27)(H,26,28). The molecule has 4 rings (SSSR count). The maximum Gasteiger partial charge on any atom is 0.267 e. The Bertz CT molecular complexity index is 1170. The summed E-state index contributed by atoms with van der Waals surface area (Å²) in [6.45, 7) is 2.24. The van der Waals surface area contributed by atoms with Gasteiger partial charge in [-0.15, -0.1) is 11.3 Å². The Morgan fingerprint density at radius 2 is 1.73 bits per heavy atom. The zero-order valence-electron chi connectivity index (χ0n) is 16.2. The molecule has 0 aliphatic rings. The quantitative estimate of drug-likeness (QED) is 0.430. The maximum absolute atomic E-state index is 12.9. The zero-order chi connectivity index (χ0) is 20.9. The molecule has 0 spiro atoms. The van der Waals surface area contributed by atoms with E-state index in [1.807, 2.05) is 54.1 Å². The van der Waals surface area contributed by atoms with Gasteiger partial charge in [-0.25, -0.2) is 4.98 Å². The number of anilines is 1. The van der Waals surface area contributed by atoms with Crippen LogP contribution in [0.2, 0.25) is 0 Å². The molecule has 2 aromatic carbocycles. The van der Waals surface area contributed by atoms with Crippen molar-refractivity contribution in [1.82, 2.24) is 10.3 Å². The molecule has 150 valence electrons. The van der Waals surface area contributed by atoms with Crippen LogP contribution in [-0.4, -0.2) is 16.8 Å². The Hall–Kier alpha value is -3.29. The van der Waals surface area contributed by atoms with Crippen LogP contribution in [0.4, 0.5) is 5.69 Å². The van der Waals surface area contributed by atoms with E-state index in [0.29, 0.717) is 28.4 Å². The fourth-order valence-corrected chi connectivity index (χ4v) is 4.63. The largest absolute Gasteiger partial charge is 0.348 e. The number of rotatable bonds is 6. The molecular formula is C23H19N3O2S2. The second-order valence-corrected chi connectivity index (χ2v) is 8.39. The van der Waals surface area contributed by atoms with E-state index >= 15 is 0 Å². The maximum atomic E-state index is 12.9. The highest BCUT2D eigenvalue weighted by molar-refractivity contribution is 7.17. The minimum atomic E-state index is -0.269. The van der Waals surface area contributed by atoms with E-state index in [-0.39, 0.29) is 11.8 Å². The Kier molecular flexibility index (Phi) is 6.02. The normalized spacial score (nSPS) is 10.6. The molecule has 0 saturated heterocycles. The molecule has 2 heterocycles. The first-order valence-corrected chi connectivity index (χ1v) is 11.1. The van der Waals surface area contributed by atoms with Crippen molar-refractivity contribution in [3.63, 3.8) is 0 Å². The molecule has 7 heteroatoms. The van der Waals surface area contributed by atoms with Gasteiger partial charge in [-0.1, -0.05) is 42.5 Å². The lowest BCUT2D eigenvalue weighted by molar-refractivity contribution is 0.0952. The molecule has 0 saturated carbocycles. The molecule has 0 aliphatic carbocycles. The highest BCUT2D eigenvalue weighted by Crippen LogP contribution is 2.30. The Morgan fingerprint density at radius 1 is 0.967 bits per heavy atom. The molecule has 0 unspecified atom stereocenters. The van der Waals surface area contributed by atoms with E-state index in [1.54, 1.807) is 35.6 Å². The van der Waals surface area contributed by atoms with Crippen LogP contribution < -0.4 is 10.6 Å². The molecule has 0 bridgehead atoms. The topological polar surface area (TPSA) is 71.1 Å². The van der Waals surface area contributed by atoms with E-state index in [0.717, 1.165) is 16.1 Å². The van der Waals surface area contributed by atoms with E-state index in [1.165, 1.54) is 11.3 Å². The van der Waals surface area contributed by atoms with Gasteiger partial charge in [0.2, 0.25) is 0 Å². The highest BCUT2D eigenvalue weighted by atomic mass is 32.1. The number of hydrogen-bond donors (Lipinski definition) is 2. The van der Waals surface area contributed by atoms with E-state index in [2.05, 4.69) is 15.6 Å². The Balaban J connectivity index is 1.50. The summed E-state index contributed by atoms with van der Waals surface area (Å²) < 4.78 is 0. The molecule has 2 amide bonds. The van der Waals surface area contributed by atoms with E-state index < -0.39 is 0 Å². The zero-order valence-corrected chi connectivity index (χ0v) is 17.8. The number of carbonyl (C=O) groups is 2. The lowest BCUT2D eigenvalue weighted by atomic mass is 10.1. The first-order valence-electron chi connectivity index (χ1n) is 9.34. The minimum absolute atomic E-state index is 0.241. The van der Waals surface area contributed by atoms with Gasteiger partial charge in [0.15, 0.2) is 0 Å². The lowest BCUT2D eigenvalue weighted by Crippen LogP contribution is -2.24. The van der Waals surface area contributed by atoms with Crippen LogP contribution >= 0.6 is 22.7 Å². The minimum Gasteiger partial charge on any atom is -0.348 e. The molecule has 2 N–H and O–H groups in total. The van der Waals surface area contributed by atoms with E-state index in [9.17, 15) is 9.59 Å². The number of hydrogen-bond acceptors (Lipinski definition) is 5. The van der Waals surface area contributed by atoms with Crippen LogP contribution in [0.1, 0.15) is 31.3 Å². The van der Waals surface area contributed by atoms with Crippen LogP contribution in [0.3, 0.4) is 0 Å². The summed E-state index contributed by atoms with van der Waals surface area (Å²) in [5.41, 5.74) is 3.58. The number of nitrogens with one attached hydrogen (secondary N) is 2. The predicted octanol–water partition coefficient (Wildman–Crippen LogP) is 5.36. The molecular weight excluding hydrogens is 414 g/mol. The fourth-order valence-electron chi connectivity index (χ4n) is 2.96. The smallest absolute Gasteiger partial charge is 0.267 e. The number of para-hydroxylation sites is 1. The molecule has 30 heavy (non-hydrogen) atoms. The van der Waals surface area contributed by atoms with Gasteiger partial charge in [-0.2, -0.15) is 11.3 Å². The Morgan fingerprint density at radius 3 is 2.50 bits per heavy atom. The SMILES string of the molecule is Cc1nc(-c2ccsc2)sc1C(=O)Nc1ccccc1C(=O)NCc1ccccc1. The average Bonchev–Trinajstić information content (AvgIpc) is 3.43. The van der Waals surface area contributed by atoms with Crippen molar-refractivity contribution in [2.24, 2.45) is 0 Å². The second kappa shape index (κ2) is 9.02. The summed E-state index contributed by atoms with van der Waals surface area (Å²) in [6, 6.07) is 18.7. The van der Waals surface area contributed by atoms with Crippen LogP contribution in [0, 0.1) is 6.92 Å². The van der Waals surface area contributed by atoms with Crippen LogP contribution in [0.5, 0.6) is 0 Å². The van der Waals surface area contributed by atoms with Crippen molar-refractivity contribution in [2.45, 2.75) is 13.5 Å². The summed E-state index contributed by atoms with van der Waals surface area (Å²) >= 11 is 2.94. The van der Waals surface area contributed by atoms with Crippen LogP contribution in [-0.2, 0) is 6.54 Å². The van der Waals surface area contributed by atoms with Crippen molar-refractivity contribution < 1.29 is 9.59 Å². The summed E-state index contributed by atoms with van der Waals surface area (Å²) in [6.07, 6.45) is 0. The molecule has 0 aliphatic heterocycles. The summed E-state index contributed by atoms with van der Waals surface area (Å²) in [5, 5.41) is 10.6. The number of amides is 2. The molecule has 0 fully saturated rings. The van der Waals surface area contributed by atoms with Crippen LogP contribution in [0.25, 0.3) is 10.6 Å². The van der Waals surface area contributed by atoms with Crippen molar-refractivity contribution in [1.29, 1.82) is 0 Å². The van der Waals surface area contributed by atoms with Gasteiger partial charge in [-0.05, 0) is 36.1 Å². The van der Waals surface area contributed by atoms with Crippen molar-refractivity contribution in [2.75, 3.05) is 5.32 Å². The number of nitrogens with zero attached hydrogens (tertiary/aromatic N) is 1. The second-order valence-electron chi connectivity index (χ2n) is 6.61. The third-order valence-electron chi connectivity index (χ3n) is 4.49. The molecule has 4 aromatic rings. The lowest BCUT2D eigenvalue weighted by Gasteiger charge is -2.11. The van der Waals surface area contributed by atoms with Gasteiger partial charge in [0.05, 0.1) is 16.9 Å². The molecule has 0 radical (unpaired) electrons. The van der Waals surface area contributed by atoms with Gasteiger partial charge in [0, 0.05) is 17.5 Å². The average molecular weight is 434 g/mol. The Labute approximate surface area is 182 Å². The number of carbonyl (C=O) groups excluding carboxylic acids is 2. The number of benzene rings is 2. The van der Waals surface area contributed by atoms with Gasteiger partial charge in [0.25, 0.3) is 11.8 Å². The summed E-state index contributed by atoms with van der Waals surface area (Å²) in [5.74, 6) is -0.510. The third kappa shape index (κ3) is 4.48. The predicted molar refractivity (Wildman–Crippen MR) is 122 cm³/mol. The summed E-state index contributed by atoms with van der Waals surface area (Å²) in [7, 11) is 0. The highest BCUT2D eigenvalue weighted by Gasteiger charge is 2.19. The molecule has 0 atom stereocenters. The first-order chi connectivity index (χ1) is 14.6. The van der Waals surface area contributed by atoms with E-state index in [4.69, 9.17) is 0 Å². The third-order valence-corrected chi connectivity index (χ3v) is 6.38. The number of aryl methyl sites for hydroxylation is 1. The van der Waals surface area contributed by atoms with Gasteiger partial charge in [-0.3, -0.25) is 9.59 Å². The van der Waals surface area contributed by atoms with Gasteiger partial charge in [0.1, 0.15) is 9.88 Å². The number of aromatic nitrogens is 1. The van der Waals surface area contributed by atoms with Crippen LogP contribution in [0.15, 0.2) is 71.4 Å².